The highest BCUT2D eigenvalue weighted by Crippen LogP contribution is 2.66. The van der Waals surface area contributed by atoms with Gasteiger partial charge in [-0.2, -0.15) is 0 Å². The van der Waals surface area contributed by atoms with Crippen molar-refractivity contribution >= 4 is 51.6 Å². The third kappa shape index (κ3) is 6.90. The Kier molecular flexibility index (Phi) is 9.64. The van der Waals surface area contributed by atoms with Gasteiger partial charge >= 0.3 is 5.97 Å². The number of aliphatic carboxylic acids is 1. The summed E-state index contributed by atoms with van der Waals surface area (Å²) in [6.07, 6.45) is 1.96. The number of nitro benzene ring substituents is 1. The lowest BCUT2D eigenvalue weighted by atomic mass is 9.61. The summed E-state index contributed by atoms with van der Waals surface area (Å²) in [5.74, 6) is -1.82. The second-order valence-electron chi connectivity index (χ2n) is 14.0. The number of β-lactam (4-membered cyclic amide) rings is 1. The van der Waals surface area contributed by atoms with E-state index in [1.165, 1.54) is 29.5 Å². The van der Waals surface area contributed by atoms with E-state index in [9.17, 15) is 24.8 Å². The van der Waals surface area contributed by atoms with Crippen molar-refractivity contribution in [1.29, 1.82) is 0 Å². The molecule has 1 N–H and O–H groups in total. The average Bonchev–Trinajstić information content (AvgIpc) is 3.52. The van der Waals surface area contributed by atoms with E-state index < -0.39 is 27.3 Å². The molecule has 0 saturated carbocycles. The van der Waals surface area contributed by atoms with Crippen molar-refractivity contribution in [2.45, 2.75) is 76.1 Å². The zero-order chi connectivity index (χ0) is 32.7. The molecule has 4 atom stereocenters. The van der Waals surface area contributed by atoms with Crippen molar-refractivity contribution in [2.24, 2.45) is 17.3 Å². The summed E-state index contributed by atoms with van der Waals surface area (Å²) in [5, 5.41) is 22.1. The van der Waals surface area contributed by atoms with E-state index in [0.717, 1.165) is 31.6 Å². The molecular weight excluding hydrogens is 627 g/mol. The molecule has 1 amide bonds. The number of hydrogen-bond donors (Lipinski definition) is 1. The Bertz CT molecular complexity index is 1480. The summed E-state index contributed by atoms with van der Waals surface area (Å²) >= 11 is 3.10. The zero-order valence-electron chi connectivity index (χ0n) is 26.8. The van der Waals surface area contributed by atoms with E-state index in [2.05, 4.69) is 37.8 Å². The highest BCUT2D eigenvalue weighted by Gasteiger charge is 2.70. The minimum atomic E-state index is -1.10. The third-order valence-corrected chi connectivity index (χ3v) is 13.5. The van der Waals surface area contributed by atoms with Gasteiger partial charge in [-0.15, -0.1) is 11.8 Å². The summed E-state index contributed by atoms with van der Waals surface area (Å²) in [6, 6.07) is 16.7. The summed E-state index contributed by atoms with van der Waals surface area (Å²) in [7, 11) is 0.561. The number of hydrogen-bond acceptors (Lipinski definition) is 8. The van der Waals surface area contributed by atoms with Crippen LogP contribution >= 0.6 is 23.5 Å². The predicted molar refractivity (Wildman–Crippen MR) is 183 cm³/mol. The van der Waals surface area contributed by atoms with Crippen LogP contribution in [0, 0.1) is 27.4 Å². The van der Waals surface area contributed by atoms with Crippen molar-refractivity contribution in [2.75, 3.05) is 13.1 Å². The van der Waals surface area contributed by atoms with Gasteiger partial charge in [0.05, 0.1) is 15.1 Å². The van der Waals surface area contributed by atoms with E-state index in [1.54, 1.807) is 28.8 Å². The van der Waals surface area contributed by atoms with Crippen LogP contribution in [0.1, 0.15) is 58.6 Å². The topological polar surface area (TPSA) is 113 Å². The Balaban J connectivity index is 1.48. The Morgan fingerprint density at radius 1 is 1.16 bits per heavy atom. The lowest BCUT2D eigenvalue weighted by Gasteiger charge is -2.59. The van der Waals surface area contributed by atoms with Crippen molar-refractivity contribution in [3.63, 3.8) is 0 Å². The molecule has 0 radical (unpaired) electrons. The van der Waals surface area contributed by atoms with Crippen molar-refractivity contribution < 1.29 is 24.0 Å². The summed E-state index contributed by atoms with van der Waals surface area (Å²) in [4.78, 5) is 41.2. The molecule has 3 heterocycles. The molecule has 45 heavy (non-hydrogen) atoms. The zero-order valence-corrected chi connectivity index (χ0v) is 30.5. The molecule has 242 valence electrons. The molecule has 2 aromatic carbocycles. The summed E-state index contributed by atoms with van der Waals surface area (Å²) in [6.45, 7) is 13.1. The number of amides is 1. The molecule has 0 unspecified atom stereocenters. The van der Waals surface area contributed by atoms with Crippen LogP contribution in [0.15, 0.2) is 64.5 Å². The first-order valence-corrected chi connectivity index (χ1v) is 17.9. The maximum absolute atomic E-state index is 14.3. The average molecular weight is 670 g/mol. The van der Waals surface area contributed by atoms with Crippen molar-refractivity contribution in [3.8, 4) is 0 Å². The fourth-order valence-corrected chi connectivity index (χ4v) is 10.7. The number of thioether (sulfide) groups is 2. The number of nitro groups is 1. The summed E-state index contributed by atoms with van der Waals surface area (Å²) in [5.41, 5.74) is 1.44. The SMILES string of the molecule is CC(C)(C[C@@H]([C@@H]1C(=O)N2C(C(=O)O)=C(S[C@H]3CCN(Cc4ccccc4)C3)S[C@]12Cc1ccc([N+](=O)[O-])cc1)C(C)(C)C)O[SiH3]. The van der Waals surface area contributed by atoms with E-state index in [1.807, 2.05) is 32.0 Å². The molecule has 3 aliphatic heterocycles. The van der Waals surface area contributed by atoms with Gasteiger partial charge in [-0.1, -0.05) is 75.0 Å². The van der Waals surface area contributed by atoms with Crippen LogP contribution in [-0.4, -0.2) is 71.0 Å². The van der Waals surface area contributed by atoms with E-state index in [4.69, 9.17) is 4.43 Å². The smallest absolute Gasteiger partial charge is 0.354 e. The molecule has 0 spiro atoms. The van der Waals surface area contributed by atoms with Gasteiger partial charge < -0.3 is 9.53 Å². The normalized spacial score (nSPS) is 24.6. The van der Waals surface area contributed by atoms with Crippen LogP contribution in [0.25, 0.3) is 0 Å². The van der Waals surface area contributed by atoms with Gasteiger partial charge in [0.2, 0.25) is 5.91 Å². The number of rotatable bonds is 12. The minimum absolute atomic E-state index is 0.00567. The monoisotopic (exact) mass is 669 g/mol. The molecule has 0 bridgehead atoms. The van der Waals surface area contributed by atoms with Gasteiger partial charge in [0.15, 0.2) is 5.70 Å². The number of fused-ring (bicyclic) bond motifs is 1. The maximum Gasteiger partial charge on any atom is 0.354 e. The fraction of sp³-hybridized carbons (Fsp3) is 0.515. The van der Waals surface area contributed by atoms with Crippen LogP contribution in [0.2, 0.25) is 0 Å². The first kappa shape index (κ1) is 33.7. The van der Waals surface area contributed by atoms with Crippen LogP contribution in [0.5, 0.6) is 0 Å². The third-order valence-electron chi connectivity index (χ3n) is 9.38. The molecule has 2 saturated heterocycles. The number of nitrogens with zero attached hydrogens (tertiary/aromatic N) is 3. The molecule has 2 aromatic rings. The number of benzene rings is 2. The second kappa shape index (κ2) is 12.9. The van der Waals surface area contributed by atoms with Gasteiger partial charge in [0.1, 0.15) is 15.4 Å². The Labute approximate surface area is 276 Å². The van der Waals surface area contributed by atoms with Crippen LogP contribution in [0.3, 0.4) is 0 Å². The number of likely N-dealkylation sites (tertiary alicyclic amines) is 1. The van der Waals surface area contributed by atoms with Crippen molar-refractivity contribution in [1.82, 2.24) is 9.80 Å². The lowest BCUT2D eigenvalue weighted by molar-refractivity contribution is -0.384. The molecule has 5 rings (SSSR count). The van der Waals surface area contributed by atoms with E-state index >= 15 is 0 Å². The Morgan fingerprint density at radius 3 is 2.40 bits per heavy atom. The highest BCUT2D eigenvalue weighted by molar-refractivity contribution is 8.23. The number of carboxylic acid groups (broad SMARTS) is 1. The standard InChI is InChI=1S/C33H43N3O6S2Si/c1-31(2,3)25(18-32(4,5)42-45)26-28(37)35-27(29(38)39)30(43-24-15-16-34(20-24)19-22-9-7-6-8-10-22)44-33(26,35)17-21-11-13-23(14-12-21)36(40)41/h6-14,24-26H,15-20H2,1-5,45H3,(H,38,39)/t24-,25-,26+,33+/m0/s1. The van der Waals surface area contributed by atoms with Crippen LogP contribution in [-0.2, 0) is 27.0 Å². The highest BCUT2D eigenvalue weighted by atomic mass is 32.2. The molecule has 9 nitrogen and oxygen atoms in total. The van der Waals surface area contributed by atoms with Crippen LogP contribution < -0.4 is 0 Å². The molecule has 0 aliphatic carbocycles. The molecule has 3 aliphatic rings. The quantitative estimate of drug-likeness (QED) is 0.137. The van der Waals surface area contributed by atoms with Gasteiger partial charge in [-0.05, 0) is 55.7 Å². The van der Waals surface area contributed by atoms with Crippen LogP contribution in [0.4, 0.5) is 5.69 Å². The van der Waals surface area contributed by atoms with Crippen molar-refractivity contribution in [3.05, 3.63) is 85.8 Å². The lowest BCUT2D eigenvalue weighted by Crippen LogP contribution is -2.71. The van der Waals surface area contributed by atoms with E-state index in [-0.39, 0.29) is 33.9 Å². The van der Waals surface area contributed by atoms with Gasteiger partial charge in [0, 0.05) is 42.5 Å². The van der Waals surface area contributed by atoms with E-state index in [0.29, 0.717) is 27.6 Å². The first-order valence-electron chi connectivity index (χ1n) is 15.4. The molecule has 0 aromatic heterocycles. The molecule has 2 fully saturated rings. The van der Waals surface area contributed by atoms with Gasteiger partial charge in [-0.25, -0.2) is 4.79 Å². The summed E-state index contributed by atoms with van der Waals surface area (Å²) < 4.78 is 6.65. The Hall–Kier alpha value is -2.64. The second-order valence-corrected chi connectivity index (χ2v) is 17.3. The van der Waals surface area contributed by atoms with Gasteiger partial charge in [-0.3, -0.25) is 24.7 Å². The largest absolute Gasteiger partial charge is 0.477 e. The minimum Gasteiger partial charge on any atom is -0.477 e. The first-order chi connectivity index (χ1) is 21.1. The maximum atomic E-state index is 14.3. The van der Waals surface area contributed by atoms with Gasteiger partial charge in [0.25, 0.3) is 5.69 Å². The number of carbonyl (C=O) groups is 2. The molecular formula is C33H43N3O6S2Si. The predicted octanol–water partition coefficient (Wildman–Crippen LogP) is 5.43. The number of carbonyl (C=O) groups excluding carboxylic acids is 1. The number of non-ortho nitro benzene ring substituents is 1. The fourth-order valence-electron chi connectivity index (χ4n) is 6.87. The molecule has 12 heteroatoms. The number of carboxylic acids is 1. The Morgan fingerprint density at radius 2 is 1.82 bits per heavy atom.